The number of ether oxygens (including phenoxy) is 1. The SMILES string of the molecule is CCC(C)n1c(OC(F)F)nn(C)c1=O. The van der Waals surface area contributed by atoms with Gasteiger partial charge in [0.15, 0.2) is 0 Å². The highest BCUT2D eigenvalue weighted by Gasteiger charge is 2.19. The Hall–Kier alpha value is -1.40. The summed E-state index contributed by atoms with van der Waals surface area (Å²) in [4.78, 5) is 11.5. The molecule has 7 heteroatoms. The summed E-state index contributed by atoms with van der Waals surface area (Å²) in [5.74, 6) is 0. The Balaban J connectivity index is 3.15. The van der Waals surface area contributed by atoms with E-state index in [9.17, 15) is 13.6 Å². The van der Waals surface area contributed by atoms with Crippen LogP contribution in [0.5, 0.6) is 6.01 Å². The Morgan fingerprint density at radius 3 is 2.60 bits per heavy atom. The maximum absolute atomic E-state index is 12.0. The van der Waals surface area contributed by atoms with Gasteiger partial charge in [0.2, 0.25) is 0 Å². The van der Waals surface area contributed by atoms with Gasteiger partial charge in [-0.2, -0.15) is 8.78 Å². The number of nitrogens with zero attached hydrogens (tertiary/aromatic N) is 3. The lowest BCUT2D eigenvalue weighted by molar-refractivity contribution is -0.0594. The Morgan fingerprint density at radius 2 is 2.13 bits per heavy atom. The summed E-state index contributed by atoms with van der Waals surface area (Å²) in [5.41, 5.74) is -0.458. The highest BCUT2D eigenvalue weighted by atomic mass is 19.3. The van der Waals surface area contributed by atoms with Gasteiger partial charge in [0.25, 0.3) is 0 Å². The molecule has 1 aromatic rings. The monoisotopic (exact) mass is 221 g/mol. The molecule has 0 fully saturated rings. The lowest BCUT2D eigenvalue weighted by Crippen LogP contribution is -2.25. The van der Waals surface area contributed by atoms with E-state index in [2.05, 4.69) is 9.84 Å². The summed E-state index contributed by atoms with van der Waals surface area (Å²) in [6.45, 7) is 0.604. The summed E-state index contributed by atoms with van der Waals surface area (Å²) >= 11 is 0. The van der Waals surface area contributed by atoms with Crippen molar-refractivity contribution < 1.29 is 13.5 Å². The molecule has 5 nitrogen and oxygen atoms in total. The Kier molecular flexibility index (Phi) is 3.43. The molecule has 1 heterocycles. The number of halogens is 2. The normalized spacial score (nSPS) is 13.2. The molecule has 0 saturated carbocycles. The molecule has 15 heavy (non-hydrogen) atoms. The molecule has 1 rings (SSSR count). The fourth-order valence-corrected chi connectivity index (χ4v) is 1.18. The van der Waals surface area contributed by atoms with E-state index in [4.69, 9.17) is 0 Å². The third kappa shape index (κ3) is 2.34. The van der Waals surface area contributed by atoms with Crippen LogP contribution in [0, 0.1) is 0 Å². The van der Waals surface area contributed by atoms with Crippen molar-refractivity contribution in [2.45, 2.75) is 32.9 Å². The van der Waals surface area contributed by atoms with E-state index in [-0.39, 0.29) is 12.1 Å². The Morgan fingerprint density at radius 1 is 1.53 bits per heavy atom. The second-order valence-electron chi connectivity index (χ2n) is 3.19. The summed E-state index contributed by atoms with van der Waals surface area (Å²) in [6.07, 6.45) is 0.630. The molecule has 0 aromatic carbocycles. The second kappa shape index (κ2) is 4.41. The smallest absolute Gasteiger partial charge is 0.389 e. The molecule has 1 atom stereocenters. The average Bonchev–Trinajstić information content (AvgIpc) is 2.41. The van der Waals surface area contributed by atoms with E-state index in [0.29, 0.717) is 6.42 Å². The van der Waals surface area contributed by atoms with Crippen molar-refractivity contribution in [3.8, 4) is 6.01 Å². The van der Waals surface area contributed by atoms with Crippen LogP contribution in [0.4, 0.5) is 8.78 Å². The van der Waals surface area contributed by atoms with E-state index < -0.39 is 12.3 Å². The molecule has 1 unspecified atom stereocenters. The number of hydrogen-bond donors (Lipinski definition) is 0. The number of aryl methyl sites for hydroxylation is 1. The van der Waals surface area contributed by atoms with Gasteiger partial charge in [-0.3, -0.25) is 0 Å². The molecule has 0 spiro atoms. The van der Waals surface area contributed by atoms with Crippen LogP contribution in [0.2, 0.25) is 0 Å². The van der Waals surface area contributed by atoms with Crippen molar-refractivity contribution in [1.29, 1.82) is 0 Å². The molecule has 1 aromatic heterocycles. The quantitative estimate of drug-likeness (QED) is 0.766. The van der Waals surface area contributed by atoms with E-state index in [1.807, 2.05) is 6.92 Å². The molecule has 0 bridgehead atoms. The first-order valence-electron chi connectivity index (χ1n) is 4.57. The zero-order chi connectivity index (χ0) is 11.6. The van der Waals surface area contributed by atoms with Gasteiger partial charge in [-0.15, -0.1) is 5.10 Å². The van der Waals surface area contributed by atoms with Gasteiger partial charge in [0.05, 0.1) is 0 Å². The van der Waals surface area contributed by atoms with Crippen molar-refractivity contribution in [3.05, 3.63) is 10.5 Å². The third-order valence-corrected chi connectivity index (χ3v) is 2.15. The van der Waals surface area contributed by atoms with Gasteiger partial charge in [0.1, 0.15) is 0 Å². The molecule has 86 valence electrons. The standard InChI is InChI=1S/C8H13F2N3O2/c1-4-5(2)13-7(15-6(9)10)11-12(3)8(13)14/h5-6H,4H2,1-3H3. The third-order valence-electron chi connectivity index (χ3n) is 2.15. The van der Waals surface area contributed by atoms with Crippen LogP contribution in [0.15, 0.2) is 4.79 Å². The first-order chi connectivity index (χ1) is 6.97. The number of alkyl halides is 2. The zero-order valence-corrected chi connectivity index (χ0v) is 8.78. The topological polar surface area (TPSA) is 49.0 Å². The maximum Gasteiger partial charge on any atom is 0.389 e. The van der Waals surface area contributed by atoms with E-state index in [1.165, 1.54) is 7.05 Å². The van der Waals surface area contributed by atoms with Crippen molar-refractivity contribution in [2.24, 2.45) is 7.05 Å². The minimum Gasteiger partial charge on any atom is -0.401 e. The average molecular weight is 221 g/mol. The van der Waals surface area contributed by atoms with Gasteiger partial charge in [-0.05, 0) is 13.3 Å². The number of rotatable bonds is 4. The van der Waals surface area contributed by atoms with Crippen LogP contribution >= 0.6 is 0 Å². The summed E-state index contributed by atoms with van der Waals surface area (Å²) in [6, 6.07) is -0.563. The highest BCUT2D eigenvalue weighted by molar-refractivity contribution is 4.96. The number of aromatic nitrogens is 3. The van der Waals surface area contributed by atoms with E-state index in [1.54, 1.807) is 6.92 Å². The minimum atomic E-state index is -2.98. The lowest BCUT2D eigenvalue weighted by Gasteiger charge is -2.11. The van der Waals surface area contributed by atoms with Crippen LogP contribution in [0.1, 0.15) is 26.3 Å². The molecular formula is C8H13F2N3O2. The van der Waals surface area contributed by atoms with Gasteiger partial charge < -0.3 is 4.74 Å². The Labute approximate surface area is 85.3 Å². The molecule has 0 radical (unpaired) electrons. The summed E-state index contributed by atoms with van der Waals surface area (Å²) in [5, 5.41) is 3.58. The summed E-state index contributed by atoms with van der Waals surface area (Å²) in [7, 11) is 1.39. The fourth-order valence-electron chi connectivity index (χ4n) is 1.18. The van der Waals surface area contributed by atoms with Crippen LogP contribution in [0.25, 0.3) is 0 Å². The predicted molar refractivity (Wildman–Crippen MR) is 49.1 cm³/mol. The maximum atomic E-state index is 12.0. The second-order valence-corrected chi connectivity index (χ2v) is 3.19. The molecule has 0 amide bonds. The fraction of sp³-hybridized carbons (Fsp3) is 0.750. The van der Waals surface area contributed by atoms with Crippen LogP contribution in [0.3, 0.4) is 0 Å². The van der Waals surface area contributed by atoms with E-state index in [0.717, 1.165) is 9.25 Å². The first kappa shape index (κ1) is 11.7. The van der Waals surface area contributed by atoms with Crippen LogP contribution in [-0.4, -0.2) is 21.0 Å². The van der Waals surface area contributed by atoms with Crippen molar-refractivity contribution >= 4 is 0 Å². The Bertz CT molecular complexity index is 386. The van der Waals surface area contributed by atoms with Crippen molar-refractivity contribution in [2.75, 3.05) is 0 Å². The van der Waals surface area contributed by atoms with Crippen LogP contribution in [-0.2, 0) is 7.05 Å². The first-order valence-corrected chi connectivity index (χ1v) is 4.57. The van der Waals surface area contributed by atoms with Gasteiger partial charge in [0, 0.05) is 13.1 Å². The number of hydrogen-bond acceptors (Lipinski definition) is 3. The molecule has 0 aliphatic rings. The van der Waals surface area contributed by atoms with Crippen molar-refractivity contribution in [1.82, 2.24) is 14.3 Å². The largest absolute Gasteiger partial charge is 0.401 e. The minimum absolute atomic E-state index is 0.222. The van der Waals surface area contributed by atoms with Crippen molar-refractivity contribution in [3.63, 3.8) is 0 Å². The molecule has 0 N–H and O–H groups in total. The lowest BCUT2D eigenvalue weighted by atomic mass is 10.3. The molecule has 0 aliphatic heterocycles. The molecular weight excluding hydrogens is 208 g/mol. The zero-order valence-electron chi connectivity index (χ0n) is 8.78. The molecule has 0 aliphatic carbocycles. The van der Waals surface area contributed by atoms with Gasteiger partial charge >= 0.3 is 18.3 Å². The predicted octanol–water partition coefficient (Wildman–Crippen LogP) is 1.15. The highest BCUT2D eigenvalue weighted by Crippen LogP contribution is 2.16. The van der Waals surface area contributed by atoms with Gasteiger partial charge in [-0.1, -0.05) is 6.92 Å². The molecule has 0 saturated heterocycles. The van der Waals surface area contributed by atoms with Crippen LogP contribution < -0.4 is 10.4 Å². The summed E-state index contributed by atoms with van der Waals surface area (Å²) < 4.78 is 30.3. The van der Waals surface area contributed by atoms with Gasteiger partial charge in [-0.25, -0.2) is 14.0 Å². The van der Waals surface area contributed by atoms with E-state index >= 15 is 0 Å².